The van der Waals surface area contributed by atoms with Crippen LogP contribution in [0.3, 0.4) is 0 Å². The molecule has 2 aliphatic carbocycles. The van der Waals surface area contributed by atoms with E-state index in [-0.39, 0.29) is 11.5 Å². The SMILES string of the molecule is CC1(C(=O)O)C=C(C2CC2)C=C(C(=O)O)C1c1cccc(Cl)c1. The van der Waals surface area contributed by atoms with Crippen molar-refractivity contribution in [1.29, 1.82) is 0 Å². The first-order chi connectivity index (χ1) is 10.8. The van der Waals surface area contributed by atoms with Crippen LogP contribution in [-0.2, 0) is 9.59 Å². The molecule has 1 aromatic carbocycles. The zero-order chi connectivity index (χ0) is 16.8. The molecule has 0 aliphatic heterocycles. The summed E-state index contributed by atoms with van der Waals surface area (Å²) >= 11 is 6.02. The third-order valence-electron chi connectivity index (χ3n) is 4.64. The summed E-state index contributed by atoms with van der Waals surface area (Å²) in [6.45, 7) is 1.58. The quantitative estimate of drug-likeness (QED) is 0.877. The largest absolute Gasteiger partial charge is 0.481 e. The fourth-order valence-corrected chi connectivity index (χ4v) is 3.49. The standard InChI is InChI=1S/C18H17ClO4/c1-18(17(22)23)9-12(10-5-6-10)8-14(16(20)21)15(18)11-3-2-4-13(19)7-11/h2-4,7-10,15H,5-6H2,1H3,(H,20,21)(H,22,23). The van der Waals surface area contributed by atoms with Gasteiger partial charge >= 0.3 is 11.9 Å². The lowest BCUT2D eigenvalue weighted by atomic mass is 9.65. The Hall–Kier alpha value is -2.07. The Morgan fingerprint density at radius 1 is 1.26 bits per heavy atom. The summed E-state index contributed by atoms with van der Waals surface area (Å²) in [6, 6.07) is 6.76. The summed E-state index contributed by atoms with van der Waals surface area (Å²) in [5, 5.41) is 19.9. The minimum absolute atomic E-state index is 0.113. The monoisotopic (exact) mass is 332 g/mol. The maximum Gasteiger partial charge on any atom is 0.332 e. The molecule has 3 rings (SSSR count). The molecular formula is C18H17ClO4. The Morgan fingerprint density at radius 3 is 2.48 bits per heavy atom. The van der Waals surface area contributed by atoms with E-state index in [0.717, 1.165) is 18.4 Å². The van der Waals surface area contributed by atoms with E-state index in [2.05, 4.69) is 0 Å². The first-order valence-corrected chi connectivity index (χ1v) is 7.87. The van der Waals surface area contributed by atoms with Gasteiger partial charge in [-0.15, -0.1) is 0 Å². The van der Waals surface area contributed by atoms with Crippen molar-refractivity contribution in [3.8, 4) is 0 Å². The van der Waals surface area contributed by atoms with Crippen molar-refractivity contribution >= 4 is 23.5 Å². The van der Waals surface area contributed by atoms with Crippen LogP contribution >= 0.6 is 11.6 Å². The number of allylic oxidation sites excluding steroid dienone is 2. The average Bonchev–Trinajstić information content (AvgIpc) is 3.30. The second-order valence-electron chi connectivity index (χ2n) is 6.40. The van der Waals surface area contributed by atoms with Gasteiger partial charge in [0.2, 0.25) is 0 Å². The molecule has 2 N–H and O–H groups in total. The van der Waals surface area contributed by atoms with Gasteiger partial charge in [0.25, 0.3) is 0 Å². The van der Waals surface area contributed by atoms with Gasteiger partial charge < -0.3 is 10.2 Å². The molecule has 2 aliphatic rings. The van der Waals surface area contributed by atoms with Crippen LogP contribution in [0.25, 0.3) is 0 Å². The van der Waals surface area contributed by atoms with Crippen molar-refractivity contribution in [1.82, 2.24) is 0 Å². The van der Waals surface area contributed by atoms with Crippen LogP contribution in [-0.4, -0.2) is 22.2 Å². The highest BCUT2D eigenvalue weighted by molar-refractivity contribution is 6.30. The molecule has 0 saturated heterocycles. The van der Waals surface area contributed by atoms with Crippen molar-refractivity contribution < 1.29 is 19.8 Å². The van der Waals surface area contributed by atoms with Crippen molar-refractivity contribution in [2.24, 2.45) is 11.3 Å². The lowest BCUT2D eigenvalue weighted by molar-refractivity contribution is -0.146. The van der Waals surface area contributed by atoms with Gasteiger partial charge in [0.15, 0.2) is 0 Å². The number of hydrogen-bond acceptors (Lipinski definition) is 2. The van der Waals surface area contributed by atoms with E-state index in [0.29, 0.717) is 10.6 Å². The van der Waals surface area contributed by atoms with Gasteiger partial charge in [-0.2, -0.15) is 0 Å². The van der Waals surface area contributed by atoms with Gasteiger partial charge in [0, 0.05) is 16.5 Å². The molecule has 0 amide bonds. The first kappa shape index (κ1) is 15.8. The zero-order valence-electron chi connectivity index (χ0n) is 12.6. The minimum atomic E-state index is -1.31. The predicted octanol–water partition coefficient (Wildman–Crippen LogP) is 3.88. The van der Waals surface area contributed by atoms with Crippen LogP contribution in [0.5, 0.6) is 0 Å². The highest BCUT2D eigenvalue weighted by atomic mass is 35.5. The molecule has 2 unspecified atom stereocenters. The first-order valence-electron chi connectivity index (χ1n) is 7.49. The Labute approximate surface area is 139 Å². The number of aliphatic carboxylic acids is 2. The molecule has 4 nitrogen and oxygen atoms in total. The predicted molar refractivity (Wildman–Crippen MR) is 86.5 cm³/mol. The molecule has 1 aromatic rings. The van der Waals surface area contributed by atoms with E-state index in [1.807, 2.05) is 0 Å². The molecule has 2 atom stereocenters. The molecule has 0 bridgehead atoms. The van der Waals surface area contributed by atoms with E-state index in [1.54, 1.807) is 43.3 Å². The maximum atomic E-state index is 12.0. The lowest BCUT2D eigenvalue weighted by Crippen LogP contribution is -2.37. The van der Waals surface area contributed by atoms with Gasteiger partial charge in [0.05, 0.1) is 5.41 Å². The number of carboxylic acids is 2. The second-order valence-corrected chi connectivity index (χ2v) is 6.84. The van der Waals surface area contributed by atoms with Gasteiger partial charge in [-0.25, -0.2) is 4.79 Å². The topological polar surface area (TPSA) is 74.6 Å². The number of rotatable bonds is 4. The molecule has 1 saturated carbocycles. The zero-order valence-corrected chi connectivity index (χ0v) is 13.4. The highest BCUT2D eigenvalue weighted by Gasteiger charge is 2.48. The Kier molecular flexibility index (Phi) is 3.80. The van der Waals surface area contributed by atoms with Crippen LogP contribution in [0.1, 0.15) is 31.2 Å². The molecule has 1 fully saturated rings. The fourth-order valence-electron chi connectivity index (χ4n) is 3.29. The maximum absolute atomic E-state index is 12.0. The van der Waals surface area contributed by atoms with Crippen molar-refractivity contribution in [2.45, 2.75) is 25.7 Å². The van der Waals surface area contributed by atoms with E-state index in [4.69, 9.17) is 11.6 Å². The number of carboxylic acid groups (broad SMARTS) is 2. The molecule has 0 heterocycles. The van der Waals surface area contributed by atoms with E-state index < -0.39 is 23.3 Å². The highest BCUT2D eigenvalue weighted by Crippen LogP contribution is 2.51. The molecule has 23 heavy (non-hydrogen) atoms. The summed E-state index contributed by atoms with van der Waals surface area (Å²) in [7, 11) is 0. The van der Waals surface area contributed by atoms with Gasteiger partial charge in [-0.05, 0) is 55.0 Å². The smallest absolute Gasteiger partial charge is 0.332 e. The summed E-state index contributed by atoms with van der Waals surface area (Å²) in [5.41, 5.74) is 0.222. The molecule has 120 valence electrons. The molecule has 0 radical (unpaired) electrons. The van der Waals surface area contributed by atoms with E-state index in [1.165, 1.54) is 0 Å². The number of benzene rings is 1. The van der Waals surface area contributed by atoms with Crippen LogP contribution in [0.15, 0.2) is 47.6 Å². The Morgan fingerprint density at radius 2 is 1.96 bits per heavy atom. The van der Waals surface area contributed by atoms with Crippen molar-refractivity contribution in [3.63, 3.8) is 0 Å². The Bertz CT molecular complexity index is 745. The number of hydrogen-bond donors (Lipinski definition) is 2. The van der Waals surface area contributed by atoms with Crippen molar-refractivity contribution in [2.75, 3.05) is 0 Å². The van der Waals surface area contributed by atoms with Crippen molar-refractivity contribution in [3.05, 3.63) is 58.1 Å². The van der Waals surface area contributed by atoms with Crippen LogP contribution in [0, 0.1) is 11.3 Å². The third kappa shape index (κ3) is 2.79. The summed E-state index contributed by atoms with van der Waals surface area (Å²) in [4.78, 5) is 23.8. The molecular weight excluding hydrogens is 316 g/mol. The third-order valence-corrected chi connectivity index (χ3v) is 4.87. The fraction of sp³-hybridized carbons (Fsp3) is 0.333. The van der Waals surface area contributed by atoms with Gasteiger partial charge in [-0.1, -0.05) is 29.8 Å². The Balaban J connectivity index is 2.19. The molecule has 5 heteroatoms. The average molecular weight is 333 g/mol. The summed E-state index contributed by atoms with van der Waals surface area (Å²) < 4.78 is 0. The van der Waals surface area contributed by atoms with Gasteiger partial charge in [-0.3, -0.25) is 4.79 Å². The van der Waals surface area contributed by atoms with Crippen LogP contribution in [0.4, 0.5) is 0 Å². The van der Waals surface area contributed by atoms with Gasteiger partial charge in [0.1, 0.15) is 0 Å². The van der Waals surface area contributed by atoms with Crippen LogP contribution < -0.4 is 0 Å². The number of carbonyl (C=O) groups is 2. The number of halogens is 1. The van der Waals surface area contributed by atoms with E-state index in [9.17, 15) is 19.8 Å². The van der Waals surface area contributed by atoms with E-state index >= 15 is 0 Å². The normalized spacial score (nSPS) is 27.1. The molecule has 0 spiro atoms. The molecule has 0 aromatic heterocycles. The van der Waals surface area contributed by atoms with Crippen LogP contribution in [0.2, 0.25) is 5.02 Å². The second kappa shape index (κ2) is 5.53. The summed E-state index contributed by atoms with van der Waals surface area (Å²) in [5.74, 6) is -2.62. The minimum Gasteiger partial charge on any atom is -0.481 e. The summed E-state index contributed by atoms with van der Waals surface area (Å²) in [6.07, 6.45) is 5.33. The lowest BCUT2D eigenvalue weighted by Gasteiger charge is -2.36.